The molecule has 5 rings (SSSR count). The second-order valence-corrected chi connectivity index (χ2v) is 8.17. The Hall–Kier alpha value is -4.99. The summed E-state index contributed by atoms with van der Waals surface area (Å²) in [5, 5.41) is 3.16. The maximum atomic E-state index is 11.7. The molecule has 2 aromatic carbocycles. The molecule has 36 heavy (non-hydrogen) atoms. The van der Waals surface area contributed by atoms with Crippen LogP contribution in [-0.4, -0.2) is 38.0 Å². The number of ether oxygens (including phenoxy) is 2. The first-order valence-corrected chi connectivity index (χ1v) is 11.1. The summed E-state index contributed by atoms with van der Waals surface area (Å²) >= 11 is 0. The Bertz CT molecular complexity index is 1540. The second-order valence-electron chi connectivity index (χ2n) is 8.17. The lowest BCUT2D eigenvalue weighted by Gasteiger charge is -2.14. The fourth-order valence-corrected chi connectivity index (χ4v) is 3.80. The van der Waals surface area contributed by atoms with Crippen molar-refractivity contribution in [2.24, 2.45) is 0 Å². The highest BCUT2D eigenvalue weighted by molar-refractivity contribution is 5.87. The first kappa shape index (κ1) is 22.8. The number of fused-ring (bicyclic) bond motifs is 1. The van der Waals surface area contributed by atoms with Crippen LogP contribution in [0.25, 0.3) is 22.3 Å². The monoisotopic (exact) mass is 481 g/mol. The fourth-order valence-electron chi connectivity index (χ4n) is 3.80. The number of carbonyl (C=O) groups is 1. The molecule has 3 heterocycles. The molecule has 3 aromatic heterocycles. The lowest BCUT2D eigenvalue weighted by molar-refractivity contribution is 0.0594. The molecule has 10 nitrogen and oxygen atoms in total. The van der Waals surface area contributed by atoms with E-state index in [-0.39, 0.29) is 5.69 Å². The van der Waals surface area contributed by atoms with Gasteiger partial charge in [-0.1, -0.05) is 6.07 Å². The number of imidazole rings is 1. The van der Waals surface area contributed by atoms with Gasteiger partial charge in [-0.05, 0) is 73.0 Å². The van der Waals surface area contributed by atoms with Gasteiger partial charge in [0, 0.05) is 23.1 Å². The Morgan fingerprint density at radius 1 is 0.972 bits per heavy atom. The van der Waals surface area contributed by atoms with Crippen molar-refractivity contribution in [1.82, 2.24) is 24.9 Å². The van der Waals surface area contributed by atoms with E-state index in [4.69, 9.17) is 15.2 Å². The van der Waals surface area contributed by atoms with Gasteiger partial charge in [0.05, 0.1) is 13.4 Å². The molecule has 5 aromatic rings. The smallest absolute Gasteiger partial charge is 0.356 e. The quantitative estimate of drug-likeness (QED) is 0.227. The highest BCUT2D eigenvalue weighted by Gasteiger charge is 2.16. The van der Waals surface area contributed by atoms with Crippen LogP contribution in [0, 0.1) is 13.8 Å². The summed E-state index contributed by atoms with van der Waals surface area (Å²) in [4.78, 5) is 32.2. The van der Waals surface area contributed by atoms with Gasteiger partial charge in [-0.15, -0.1) is 0 Å². The maximum Gasteiger partial charge on any atom is 0.356 e. The number of methoxy groups -OCH3 is 1. The SMILES string of the molecule is COC(=O)c1ccc(-c2cc(C)c(Oc3nc(Nc4ccc(N)cc4)nc4nc[nH]c34)c(C)c2)cn1. The van der Waals surface area contributed by atoms with Gasteiger partial charge in [0.25, 0.3) is 5.88 Å². The normalized spacial score (nSPS) is 10.9. The van der Waals surface area contributed by atoms with Crippen molar-refractivity contribution in [3.8, 4) is 22.8 Å². The summed E-state index contributed by atoms with van der Waals surface area (Å²) in [6, 6.07) is 14.7. The molecule has 0 fully saturated rings. The lowest BCUT2D eigenvalue weighted by Crippen LogP contribution is -2.03. The van der Waals surface area contributed by atoms with Gasteiger partial charge in [-0.2, -0.15) is 9.97 Å². The van der Waals surface area contributed by atoms with Gasteiger partial charge >= 0.3 is 5.97 Å². The summed E-state index contributed by atoms with van der Waals surface area (Å²) < 4.78 is 11.0. The number of aromatic nitrogens is 5. The van der Waals surface area contributed by atoms with Crippen LogP contribution >= 0.6 is 0 Å². The number of aromatic amines is 1. The van der Waals surface area contributed by atoms with Crippen LogP contribution < -0.4 is 15.8 Å². The minimum absolute atomic E-state index is 0.255. The van der Waals surface area contributed by atoms with Gasteiger partial charge in [0.15, 0.2) is 5.65 Å². The predicted molar refractivity (Wildman–Crippen MR) is 136 cm³/mol. The van der Waals surface area contributed by atoms with E-state index in [0.717, 1.165) is 27.9 Å². The summed E-state index contributed by atoms with van der Waals surface area (Å²) in [6.07, 6.45) is 3.20. The van der Waals surface area contributed by atoms with Crippen molar-refractivity contribution in [3.63, 3.8) is 0 Å². The number of nitrogen functional groups attached to an aromatic ring is 1. The average Bonchev–Trinajstić information content (AvgIpc) is 3.36. The number of nitrogens with two attached hydrogens (primary N) is 1. The molecule has 180 valence electrons. The Kier molecular flexibility index (Phi) is 5.91. The van der Waals surface area contributed by atoms with Crippen LogP contribution in [-0.2, 0) is 4.74 Å². The second kappa shape index (κ2) is 9.34. The van der Waals surface area contributed by atoms with Crippen molar-refractivity contribution in [2.45, 2.75) is 13.8 Å². The van der Waals surface area contributed by atoms with Crippen molar-refractivity contribution in [2.75, 3.05) is 18.2 Å². The van der Waals surface area contributed by atoms with Crippen molar-refractivity contribution in [3.05, 3.63) is 77.9 Å². The molecule has 0 atom stereocenters. The Morgan fingerprint density at radius 2 is 1.72 bits per heavy atom. The van der Waals surface area contributed by atoms with Crippen LogP contribution in [0.1, 0.15) is 21.6 Å². The lowest BCUT2D eigenvalue weighted by atomic mass is 10.0. The molecule has 0 saturated heterocycles. The number of H-pyrrole nitrogens is 1. The van der Waals surface area contributed by atoms with Gasteiger partial charge in [0.1, 0.15) is 17.0 Å². The summed E-state index contributed by atoms with van der Waals surface area (Å²) in [7, 11) is 1.33. The van der Waals surface area contributed by atoms with Crippen molar-refractivity contribution >= 4 is 34.5 Å². The summed E-state index contributed by atoms with van der Waals surface area (Å²) in [5.74, 6) is 0.889. The molecular formula is C26H23N7O3. The van der Waals surface area contributed by atoms with Gasteiger partial charge < -0.3 is 25.5 Å². The predicted octanol–water partition coefficient (Wildman–Crippen LogP) is 4.94. The molecule has 0 bridgehead atoms. The zero-order valence-corrected chi connectivity index (χ0v) is 19.9. The topological polar surface area (TPSA) is 141 Å². The first-order chi connectivity index (χ1) is 17.4. The maximum absolute atomic E-state index is 11.7. The van der Waals surface area contributed by atoms with Crippen LogP contribution in [0.5, 0.6) is 11.6 Å². The molecule has 0 amide bonds. The molecule has 0 saturated carbocycles. The third-order valence-corrected chi connectivity index (χ3v) is 5.57. The molecule has 0 aliphatic rings. The van der Waals surface area contributed by atoms with Gasteiger partial charge in [-0.3, -0.25) is 0 Å². The largest absolute Gasteiger partial charge is 0.464 e. The van der Waals surface area contributed by atoms with Crippen molar-refractivity contribution in [1.29, 1.82) is 0 Å². The van der Waals surface area contributed by atoms with Crippen LogP contribution in [0.15, 0.2) is 61.1 Å². The number of esters is 1. The zero-order valence-electron chi connectivity index (χ0n) is 19.9. The molecule has 10 heteroatoms. The molecule has 0 spiro atoms. The number of nitrogens with zero attached hydrogens (tertiary/aromatic N) is 4. The van der Waals surface area contributed by atoms with E-state index < -0.39 is 5.97 Å². The molecular weight excluding hydrogens is 458 g/mol. The number of pyridine rings is 1. The summed E-state index contributed by atoms with van der Waals surface area (Å²) in [5.41, 5.74) is 12.2. The first-order valence-electron chi connectivity index (χ1n) is 11.1. The molecule has 0 aliphatic carbocycles. The highest BCUT2D eigenvalue weighted by atomic mass is 16.5. The third-order valence-electron chi connectivity index (χ3n) is 5.57. The van der Waals surface area contributed by atoms with Crippen LogP contribution in [0.2, 0.25) is 0 Å². The zero-order chi connectivity index (χ0) is 25.2. The Morgan fingerprint density at radius 3 is 2.39 bits per heavy atom. The van der Waals surface area contributed by atoms with Gasteiger partial charge in [-0.25, -0.2) is 14.8 Å². The van der Waals surface area contributed by atoms with Crippen LogP contribution in [0.4, 0.5) is 17.3 Å². The van der Waals surface area contributed by atoms with Crippen LogP contribution in [0.3, 0.4) is 0 Å². The minimum atomic E-state index is -0.474. The number of aryl methyl sites for hydroxylation is 2. The number of hydrogen-bond donors (Lipinski definition) is 3. The molecule has 0 radical (unpaired) electrons. The fraction of sp³-hybridized carbons (Fsp3) is 0.115. The van der Waals surface area contributed by atoms with E-state index in [1.807, 2.05) is 44.2 Å². The van der Waals surface area contributed by atoms with E-state index >= 15 is 0 Å². The number of rotatable bonds is 6. The van der Waals surface area contributed by atoms with E-state index in [1.54, 1.807) is 30.7 Å². The van der Waals surface area contributed by atoms with E-state index in [1.165, 1.54) is 7.11 Å². The summed E-state index contributed by atoms with van der Waals surface area (Å²) in [6.45, 7) is 3.92. The van der Waals surface area contributed by atoms with E-state index in [2.05, 4.69) is 30.2 Å². The molecule has 0 unspecified atom stereocenters. The number of anilines is 3. The minimum Gasteiger partial charge on any atom is -0.464 e. The number of nitrogens with one attached hydrogen (secondary N) is 2. The average molecular weight is 482 g/mol. The number of benzene rings is 2. The van der Waals surface area contributed by atoms with E-state index in [9.17, 15) is 4.79 Å². The van der Waals surface area contributed by atoms with Crippen molar-refractivity contribution < 1.29 is 14.3 Å². The van der Waals surface area contributed by atoms with Gasteiger partial charge in [0.2, 0.25) is 5.95 Å². The number of hydrogen-bond acceptors (Lipinski definition) is 9. The molecule has 4 N–H and O–H groups in total. The van der Waals surface area contributed by atoms with E-state index in [0.29, 0.717) is 34.4 Å². The highest BCUT2D eigenvalue weighted by Crippen LogP contribution is 2.35. The Balaban J connectivity index is 1.46. The third kappa shape index (κ3) is 4.51. The molecule has 0 aliphatic heterocycles. The Labute approximate surface area is 206 Å². The number of carbonyl (C=O) groups excluding carboxylic acids is 1. The standard InChI is InChI=1S/C26H23N7O3/c1-14-10-17(16-4-9-20(28-12-16)25(34)35-3)11-15(2)22(14)36-24-21-23(30-13-29-21)32-26(33-24)31-19-7-5-18(27)6-8-19/h4-13H,27H2,1-3H3,(H2,29,30,31,32,33).